The third-order valence-electron chi connectivity index (χ3n) is 0.694. The zero-order valence-electron chi connectivity index (χ0n) is 6.39. The fourth-order valence-corrected chi connectivity index (χ4v) is 0.862. The van der Waals surface area contributed by atoms with E-state index in [4.69, 9.17) is 0 Å². The van der Waals surface area contributed by atoms with Gasteiger partial charge in [-0.05, 0) is 0 Å². The van der Waals surface area contributed by atoms with Crippen LogP contribution in [0.4, 0.5) is 0 Å². The molecule has 0 heterocycles. The molecule has 0 spiro atoms. The monoisotopic (exact) mass is 166 g/mol. The summed E-state index contributed by atoms with van der Waals surface area (Å²) in [6.45, 7) is 1.97. The van der Waals surface area contributed by atoms with Crippen LogP contribution >= 0.6 is 8.38 Å². The second-order valence-electron chi connectivity index (χ2n) is 1.41. The quantitative estimate of drug-likeness (QED) is 0.309. The summed E-state index contributed by atoms with van der Waals surface area (Å²) >= 11 is 0. The van der Waals surface area contributed by atoms with Gasteiger partial charge in [-0.1, -0.05) is 25.9 Å². The van der Waals surface area contributed by atoms with Crippen LogP contribution in [0.15, 0.2) is 0 Å². The average molecular weight is 166 g/mol. The van der Waals surface area contributed by atoms with Crippen molar-refractivity contribution in [3.63, 3.8) is 0 Å². The van der Waals surface area contributed by atoms with E-state index in [0.717, 1.165) is 12.8 Å². The Balaban J connectivity index is -0.000000180. The summed E-state index contributed by atoms with van der Waals surface area (Å²) in [5.41, 5.74) is 0. The largest absolute Gasteiger partial charge is 1.00 e. The molecule has 0 rings (SSSR count). The zero-order valence-corrected chi connectivity index (χ0v) is 11.3. The number of unbranched alkanes of at least 4 members (excludes halogenated alkanes) is 1. The van der Waals surface area contributed by atoms with E-state index in [2.05, 4.69) is 0 Å². The molecule has 0 unspecified atom stereocenters. The Kier molecular flexibility index (Phi) is 25.1. The molecule has 0 N–H and O–H groups in total. The molecule has 0 bridgehead atoms. The van der Waals surface area contributed by atoms with Crippen molar-refractivity contribution < 1.29 is 68.9 Å². The van der Waals surface area contributed by atoms with E-state index in [1.54, 1.807) is 0 Å². The van der Waals surface area contributed by atoms with Crippen molar-refractivity contribution in [2.45, 2.75) is 19.8 Å². The molecule has 0 fully saturated rings. The van der Waals surface area contributed by atoms with E-state index in [9.17, 15) is 9.79 Å². The summed E-state index contributed by atoms with van der Waals surface area (Å²) < 4.78 is 0. The Morgan fingerprint density at radius 2 is 1.67 bits per heavy atom. The van der Waals surface area contributed by atoms with Gasteiger partial charge in [-0.25, -0.2) is 0 Å². The van der Waals surface area contributed by atoms with Crippen molar-refractivity contribution in [2.75, 3.05) is 6.16 Å². The van der Waals surface area contributed by atoms with Gasteiger partial charge >= 0.3 is 59.1 Å². The van der Waals surface area contributed by atoms with E-state index in [1.165, 1.54) is 0 Å². The first kappa shape index (κ1) is 17.4. The summed E-state index contributed by atoms with van der Waals surface area (Å²) in [5.74, 6) is 0. The minimum Gasteiger partial charge on any atom is -0.842 e. The topological polar surface area (TPSA) is 46.1 Å². The maximum Gasteiger partial charge on any atom is 1.00 e. The normalized spacial score (nSPS) is 8.00. The van der Waals surface area contributed by atoms with Crippen LogP contribution in [-0.2, 0) is 0 Å². The predicted molar refractivity (Wildman–Crippen MR) is 26.7 cm³/mol. The molecule has 9 heavy (non-hydrogen) atoms. The molecule has 0 atom stereocenters. The van der Waals surface area contributed by atoms with Crippen LogP contribution in [0.3, 0.4) is 0 Å². The third-order valence-corrected chi connectivity index (χ3v) is 1.38. The summed E-state index contributed by atoms with van der Waals surface area (Å²) in [6.07, 6.45) is 2.12. The molecule has 0 aromatic heterocycles. The Bertz CT molecular complexity index is 45.5. The maximum absolute atomic E-state index is 9.80. The van der Waals surface area contributed by atoms with E-state index < -0.39 is 8.38 Å². The van der Waals surface area contributed by atoms with Crippen molar-refractivity contribution >= 4 is 8.38 Å². The zero-order chi connectivity index (χ0) is 5.70. The molecule has 2 nitrogen and oxygen atoms in total. The molecule has 44 valence electrons. The summed E-state index contributed by atoms with van der Waals surface area (Å²) in [5, 5.41) is 0. The SMILES string of the molecule is CCCCP([O-])[O-].[Na+].[Na+]. The van der Waals surface area contributed by atoms with Gasteiger partial charge in [0, 0.05) is 0 Å². The first-order chi connectivity index (χ1) is 3.27. The van der Waals surface area contributed by atoms with Crippen LogP contribution in [0.1, 0.15) is 19.8 Å². The van der Waals surface area contributed by atoms with Crippen molar-refractivity contribution in [1.82, 2.24) is 0 Å². The summed E-state index contributed by atoms with van der Waals surface area (Å²) in [4.78, 5) is 19.6. The minimum atomic E-state index is -2.11. The molecule has 0 aliphatic carbocycles. The first-order valence-electron chi connectivity index (χ1n) is 2.39. The van der Waals surface area contributed by atoms with E-state index in [-0.39, 0.29) is 59.1 Å². The molecule has 0 saturated heterocycles. The molecule has 0 aliphatic heterocycles. The fourth-order valence-electron chi connectivity index (χ4n) is 0.287. The fraction of sp³-hybridized carbons (Fsp3) is 1.00. The molecule has 0 radical (unpaired) electrons. The summed E-state index contributed by atoms with van der Waals surface area (Å²) in [6, 6.07) is 0. The van der Waals surface area contributed by atoms with Crippen LogP contribution in [0.2, 0.25) is 0 Å². The minimum absolute atomic E-state index is 0. The van der Waals surface area contributed by atoms with Gasteiger partial charge in [0.1, 0.15) is 0 Å². The number of hydrogen-bond donors (Lipinski definition) is 0. The molecule has 0 aliphatic rings. The predicted octanol–water partition coefficient (Wildman–Crippen LogP) is -6.17. The first-order valence-corrected chi connectivity index (χ1v) is 3.75. The van der Waals surface area contributed by atoms with Crippen molar-refractivity contribution in [3.05, 3.63) is 0 Å². The number of hydrogen-bond acceptors (Lipinski definition) is 2. The third kappa shape index (κ3) is 17.9. The maximum atomic E-state index is 9.80. The smallest absolute Gasteiger partial charge is 0.842 e. The van der Waals surface area contributed by atoms with Crippen molar-refractivity contribution in [3.8, 4) is 0 Å². The molecule has 0 aromatic rings. The standard InChI is InChI=1S/C4H9O2P.2Na/c1-2-3-4-7(5)6;;/h2-4H2,1H3;;/q-2;2*+1. The average Bonchev–Trinajstić information content (AvgIpc) is 1.61. The van der Waals surface area contributed by atoms with E-state index in [0.29, 0.717) is 6.16 Å². The Morgan fingerprint density at radius 3 is 1.78 bits per heavy atom. The molecular weight excluding hydrogens is 157 g/mol. The second-order valence-corrected chi connectivity index (χ2v) is 2.52. The molecule has 0 aromatic carbocycles. The molecule has 0 amide bonds. The Hall–Kier alpha value is 2.35. The Labute approximate surface area is 102 Å². The van der Waals surface area contributed by atoms with Gasteiger partial charge in [0.2, 0.25) is 0 Å². The van der Waals surface area contributed by atoms with Gasteiger partial charge in [-0.2, -0.15) is 0 Å². The van der Waals surface area contributed by atoms with Gasteiger partial charge in [-0.15, -0.1) is 0 Å². The van der Waals surface area contributed by atoms with Gasteiger partial charge in [-0.3, -0.25) is 0 Å². The van der Waals surface area contributed by atoms with Gasteiger partial charge in [0.25, 0.3) is 0 Å². The van der Waals surface area contributed by atoms with Gasteiger partial charge in [0.05, 0.1) is 0 Å². The summed E-state index contributed by atoms with van der Waals surface area (Å²) in [7, 11) is -2.11. The van der Waals surface area contributed by atoms with Crippen LogP contribution in [-0.4, -0.2) is 6.16 Å². The van der Waals surface area contributed by atoms with Crippen molar-refractivity contribution in [1.29, 1.82) is 0 Å². The molecule has 5 heteroatoms. The second kappa shape index (κ2) is 13.0. The molecular formula is C4H9Na2O2P. The van der Waals surface area contributed by atoms with Gasteiger partial charge < -0.3 is 18.2 Å². The van der Waals surface area contributed by atoms with Crippen LogP contribution < -0.4 is 68.9 Å². The Morgan fingerprint density at radius 1 is 1.22 bits per heavy atom. The number of rotatable bonds is 3. The van der Waals surface area contributed by atoms with Crippen LogP contribution in [0, 0.1) is 0 Å². The van der Waals surface area contributed by atoms with Crippen molar-refractivity contribution in [2.24, 2.45) is 0 Å². The van der Waals surface area contributed by atoms with Gasteiger partial charge in [0.15, 0.2) is 0 Å². The molecule has 0 saturated carbocycles. The van der Waals surface area contributed by atoms with E-state index >= 15 is 0 Å². The van der Waals surface area contributed by atoms with E-state index in [1.807, 2.05) is 6.92 Å². The van der Waals surface area contributed by atoms with Crippen LogP contribution in [0.5, 0.6) is 0 Å². The van der Waals surface area contributed by atoms with Crippen LogP contribution in [0.25, 0.3) is 0 Å².